The highest BCUT2D eigenvalue weighted by Gasteiger charge is 2.07. The van der Waals surface area contributed by atoms with Crippen LogP contribution < -0.4 is 10.9 Å². The van der Waals surface area contributed by atoms with Crippen LogP contribution in [0.15, 0.2) is 35.1 Å². The van der Waals surface area contributed by atoms with Gasteiger partial charge in [0.2, 0.25) is 0 Å². The Balaban J connectivity index is 2.63. The highest BCUT2D eigenvalue weighted by Crippen LogP contribution is 2.21. The van der Waals surface area contributed by atoms with Gasteiger partial charge in [-0.25, -0.2) is 0 Å². The molecular weight excluding hydrogens is 212 g/mol. The van der Waals surface area contributed by atoms with Gasteiger partial charge in [0, 0.05) is 30.2 Å². The fourth-order valence-corrected chi connectivity index (χ4v) is 1.90. The average molecular weight is 230 g/mol. The zero-order valence-corrected chi connectivity index (χ0v) is 10.5. The fraction of sp³-hybridized carbons (Fsp3) is 0.357. The van der Waals surface area contributed by atoms with E-state index in [1.165, 1.54) is 0 Å². The van der Waals surface area contributed by atoms with E-state index >= 15 is 0 Å². The second kappa shape index (κ2) is 4.62. The number of pyridine rings is 1. The number of aromatic nitrogens is 1. The lowest BCUT2D eigenvalue weighted by Crippen LogP contribution is -2.20. The number of aryl methyl sites for hydroxylation is 1. The van der Waals surface area contributed by atoms with E-state index < -0.39 is 0 Å². The Kier molecular flexibility index (Phi) is 3.18. The quantitative estimate of drug-likeness (QED) is 0.879. The second-order valence-corrected chi connectivity index (χ2v) is 4.43. The summed E-state index contributed by atoms with van der Waals surface area (Å²) in [5.74, 6) is 0. The minimum Gasteiger partial charge on any atom is -0.382 e. The summed E-state index contributed by atoms with van der Waals surface area (Å²) in [6.07, 6.45) is 1.03. The molecule has 0 radical (unpaired) electrons. The SMILES string of the molecule is CCC(C)Nc1cc(=O)n(C)c2ccccc12. The van der Waals surface area contributed by atoms with Gasteiger partial charge < -0.3 is 9.88 Å². The lowest BCUT2D eigenvalue weighted by Gasteiger charge is -2.16. The van der Waals surface area contributed by atoms with Crippen LogP contribution in [-0.4, -0.2) is 10.6 Å². The van der Waals surface area contributed by atoms with E-state index in [1.807, 2.05) is 24.3 Å². The Morgan fingerprint density at radius 2 is 2.06 bits per heavy atom. The van der Waals surface area contributed by atoms with Gasteiger partial charge in [0.1, 0.15) is 0 Å². The molecule has 90 valence electrons. The van der Waals surface area contributed by atoms with Gasteiger partial charge in [-0.2, -0.15) is 0 Å². The number of rotatable bonds is 3. The summed E-state index contributed by atoms with van der Waals surface area (Å²) in [4.78, 5) is 11.8. The summed E-state index contributed by atoms with van der Waals surface area (Å²) >= 11 is 0. The first kappa shape index (κ1) is 11.7. The largest absolute Gasteiger partial charge is 0.382 e. The number of nitrogens with zero attached hydrogens (tertiary/aromatic N) is 1. The third kappa shape index (κ3) is 2.18. The van der Waals surface area contributed by atoms with Crippen molar-refractivity contribution < 1.29 is 0 Å². The van der Waals surface area contributed by atoms with Crippen molar-refractivity contribution in [2.75, 3.05) is 5.32 Å². The number of benzene rings is 1. The molecule has 0 spiro atoms. The molecule has 0 fully saturated rings. The predicted octanol–water partition coefficient (Wildman–Crippen LogP) is 2.75. The van der Waals surface area contributed by atoms with E-state index in [4.69, 9.17) is 0 Å². The van der Waals surface area contributed by atoms with Crippen LogP contribution in [0.25, 0.3) is 10.9 Å². The van der Waals surface area contributed by atoms with Crippen molar-refractivity contribution in [3.63, 3.8) is 0 Å². The van der Waals surface area contributed by atoms with Gasteiger partial charge in [-0.05, 0) is 19.4 Å². The van der Waals surface area contributed by atoms with Crippen LogP contribution in [0.4, 0.5) is 5.69 Å². The summed E-state index contributed by atoms with van der Waals surface area (Å²) in [5.41, 5.74) is 1.92. The van der Waals surface area contributed by atoms with Gasteiger partial charge in [0.25, 0.3) is 5.56 Å². The minimum absolute atomic E-state index is 0.0227. The molecule has 2 rings (SSSR count). The second-order valence-electron chi connectivity index (χ2n) is 4.43. The number of hydrogen-bond donors (Lipinski definition) is 1. The third-order valence-corrected chi connectivity index (χ3v) is 3.17. The first-order valence-corrected chi connectivity index (χ1v) is 5.98. The van der Waals surface area contributed by atoms with Crippen LogP contribution in [0.1, 0.15) is 20.3 Å². The van der Waals surface area contributed by atoms with Gasteiger partial charge in [0.15, 0.2) is 0 Å². The molecule has 0 saturated heterocycles. The molecule has 1 heterocycles. The molecule has 3 heteroatoms. The molecular formula is C14H18N2O. The molecule has 1 N–H and O–H groups in total. The molecule has 0 saturated carbocycles. The Morgan fingerprint density at radius 3 is 2.76 bits per heavy atom. The maximum atomic E-state index is 11.8. The van der Waals surface area contributed by atoms with Crippen LogP contribution in [0.5, 0.6) is 0 Å². The summed E-state index contributed by atoms with van der Waals surface area (Å²) < 4.78 is 1.68. The van der Waals surface area contributed by atoms with Crippen LogP contribution in [-0.2, 0) is 7.05 Å². The van der Waals surface area contributed by atoms with E-state index in [2.05, 4.69) is 19.2 Å². The molecule has 3 nitrogen and oxygen atoms in total. The standard InChI is InChI=1S/C14H18N2O/c1-4-10(2)15-12-9-14(17)16(3)13-8-6-5-7-11(12)13/h5-10,15H,4H2,1-3H3. The smallest absolute Gasteiger partial charge is 0.252 e. The van der Waals surface area contributed by atoms with Gasteiger partial charge in [-0.15, -0.1) is 0 Å². The Morgan fingerprint density at radius 1 is 1.35 bits per heavy atom. The third-order valence-electron chi connectivity index (χ3n) is 3.17. The molecule has 1 unspecified atom stereocenters. The van der Waals surface area contributed by atoms with E-state index in [-0.39, 0.29) is 5.56 Å². The zero-order valence-electron chi connectivity index (χ0n) is 10.5. The van der Waals surface area contributed by atoms with Crippen molar-refractivity contribution in [2.24, 2.45) is 7.05 Å². The topological polar surface area (TPSA) is 34.0 Å². The highest BCUT2D eigenvalue weighted by molar-refractivity contribution is 5.91. The first-order valence-electron chi connectivity index (χ1n) is 5.98. The van der Waals surface area contributed by atoms with E-state index in [0.717, 1.165) is 23.0 Å². The van der Waals surface area contributed by atoms with Crippen molar-refractivity contribution in [1.29, 1.82) is 0 Å². The molecule has 0 amide bonds. The Hall–Kier alpha value is -1.77. The zero-order chi connectivity index (χ0) is 12.4. The number of hydrogen-bond acceptors (Lipinski definition) is 2. The summed E-state index contributed by atoms with van der Waals surface area (Å²) in [6, 6.07) is 10.0. The van der Waals surface area contributed by atoms with Gasteiger partial charge in [-0.1, -0.05) is 25.1 Å². The average Bonchev–Trinajstić information content (AvgIpc) is 2.35. The molecule has 17 heavy (non-hydrogen) atoms. The number of anilines is 1. The maximum Gasteiger partial charge on any atom is 0.252 e. The molecule has 1 atom stereocenters. The van der Waals surface area contributed by atoms with Crippen molar-refractivity contribution in [3.05, 3.63) is 40.7 Å². The Labute approximate surface area is 101 Å². The summed E-state index contributed by atoms with van der Waals surface area (Å²) in [6.45, 7) is 4.24. The van der Waals surface area contributed by atoms with Crippen LogP contribution in [0.3, 0.4) is 0 Å². The molecule has 2 aromatic rings. The normalized spacial score (nSPS) is 12.6. The molecule has 0 aliphatic carbocycles. The van der Waals surface area contributed by atoms with Gasteiger partial charge >= 0.3 is 0 Å². The maximum absolute atomic E-state index is 11.8. The monoisotopic (exact) mass is 230 g/mol. The lowest BCUT2D eigenvalue weighted by molar-refractivity contribution is 0.764. The van der Waals surface area contributed by atoms with Crippen molar-refractivity contribution >= 4 is 16.6 Å². The number of nitrogens with one attached hydrogen (secondary N) is 1. The van der Waals surface area contributed by atoms with E-state index in [1.54, 1.807) is 17.7 Å². The molecule has 1 aromatic carbocycles. The van der Waals surface area contributed by atoms with E-state index in [9.17, 15) is 4.79 Å². The van der Waals surface area contributed by atoms with Crippen molar-refractivity contribution in [1.82, 2.24) is 4.57 Å². The predicted molar refractivity (Wildman–Crippen MR) is 72.6 cm³/mol. The first-order chi connectivity index (χ1) is 8.13. The molecule has 0 aliphatic rings. The highest BCUT2D eigenvalue weighted by atomic mass is 16.1. The fourth-order valence-electron chi connectivity index (χ4n) is 1.90. The van der Waals surface area contributed by atoms with Crippen LogP contribution in [0.2, 0.25) is 0 Å². The van der Waals surface area contributed by atoms with E-state index in [0.29, 0.717) is 6.04 Å². The van der Waals surface area contributed by atoms with Gasteiger partial charge in [-0.3, -0.25) is 4.79 Å². The summed E-state index contributed by atoms with van der Waals surface area (Å²) in [7, 11) is 1.80. The number of para-hydroxylation sites is 1. The summed E-state index contributed by atoms with van der Waals surface area (Å²) in [5, 5.41) is 4.48. The minimum atomic E-state index is 0.0227. The molecule has 0 bridgehead atoms. The lowest BCUT2D eigenvalue weighted by atomic mass is 10.1. The van der Waals surface area contributed by atoms with Crippen molar-refractivity contribution in [3.8, 4) is 0 Å². The van der Waals surface area contributed by atoms with Crippen LogP contribution >= 0.6 is 0 Å². The Bertz CT molecular complexity index is 586. The number of fused-ring (bicyclic) bond motifs is 1. The van der Waals surface area contributed by atoms with Crippen molar-refractivity contribution in [2.45, 2.75) is 26.3 Å². The van der Waals surface area contributed by atoms with Gasteiger partial charge in [0.05, 0.1) is 5.52 Å². The molecule has 1 aromatic heterocycles. The van der Waals surface area contributed by atoms with Crippen LogP contribution in [0, 0.1) is 0 Å². The molecule has 0 aliphatic heterocycles.